The second-order valence-electron chi connectivity index (χ2n) is 11.3. The first-order valence-electron chi connectivity index (χ1n) is 14.6. The first-order chi connectivity index (χ1) is 20.0. The van der Waals surface area contributed by atoms with Crippen LogP contribution < -0.4 is 10.2 Å². The number of carbonyl (C=O) groups excluding carboxylic acids is 1. The van der Waals surface area contributed by atoms with Crippen molar-refractivity contribution in [2.24, 2.45) is 5.92 Å². The largest absolute Gasteiger partial charge is 0.396 e. The van der Waals surface area contributed by atoms with Crippen molar-refractivity contribution in [3.63, 3.8) is 0 Å². The molecule has 0 unspecified atom stereocenters. The van der Waals surface area contributed by atoms with E-state index in [-0.39, 0.29) is 42.2 Å². The Morgan fingerprint density at radius 2 is 2.02 bits per heavy atom. The number of ether oxygens (including phenoxy) is 2. The topological polar surface area (TPSA) is 119 Å². The fourth-order valence-electron chi connectivity index (χ4n) is 6.12. The molecule has 3 fully saturated rings. The van der Waals surface area contributed by atoms with Gasteiger partial charge >= 0.3 is 0 Å². The van der Waals surface area contributed by atoms with Gasteiger partial charge in [-0.15, -0.1) is 0 Å². The molecule has 3 aliphatic rings. The fraction of sp³-hybridized carbons (Fsp3) is 0.643. The lowest BCUT2D eigenvalue weighted by Crippen LogP contribution is -2.42. The van der Waals surface area contributed by atoms with E-state index in [0.29, 0.717) is 18.0 Å². The number of aromatic nitrogens is 5. The van der Waals surface area contributed by atoms with E-state index in [4.69, 9.17) is 14.5 Å². The predicted molar refractivity (Wildman–Crippen MR) is 146 cm³/mol. The lowest BCUT2D eigenvalue weighted by atomic mass is 9.87. The minimum atomic E-state index is -2.85. The molecule has 13 heteroatoms. The van der Waals surface area contributed by atoms with Gasteiger partial charge in [0.1, 0.15) is 11.4 Å². The van der Waals surface area contributed by atoms with Gasteiger partial charge < -0.3 is 24.8 Å². The van der Waals surface area contributed by atoms with Gasteiger partial charge in [0.2, 0.25) is 0 Å². The van der Waals surface area contributed by atoms with Crippen molar-refractivity contribution in [2.75, 3.05) is 36.5 Å². The Balaban J connectivity index is 1.17. The average Bonchev–Trinajstić information content (AvgIpc) is 3.62. The lowest BCUT2D eigenvalue weighted by molar-refractivity contribution is -0.188. The van der Waals surface area contributed by atoms with E-state index in [1.54, 1.807) is 6.20 Å². The minimum absolute atomic E-state index is 0.0225. The maximum absolute atomic E-state index is 13.9. The molecule has 0 bridgehead atoms. The number of piperidine rings is 1. The van der Waals surface area contributed by atoms with E-state index in [2.05, 4.69) is 20.4 Å². The SMILES string of the molecule is O=C(Nc1cn(C2CCC(CO)CC2)nc1C(F)F)c1cnn2ccc(N3CCC[C@H](O[C@H]4CCCCO4)C3)nc12. The first kappa shape index (κ1) is 28.0. The summed E-state index contributed by atoms with van der Waals surface area (Å²) in [5, 5.41) is 20.4. The van der Waals surface area contributed by atoms with Crippen LogP contribution in [0.1, 0.15) is 86.3 Å². The van der Waals surface area contributed by atoms with Crippen molar-refractivity contribution in [3.8, 4) is 0 Å². The molecule has 2 saturated heterocycles. The molecule has 41 heavy (non-hydrogen) atoms. The number of nitrogens with zero attached hydrogens (tertiary/aromatic N) is 6. The van der Waals surface area contributed by atoms with Crippen LogP contribution >= 0.6 is 0 Å². The average molecular weight is 574 g/mol. The molecule has 1 aliphatic carbocycles. The Bertz CT molecular complexity index is 1330. The lowest BCUT2D eigenvalue weighted by Gasteiger charge is -2.36. The molecule has 6 rings (SSSR count). The standard InChI is InChI=1S/C28H37F2N7O4/c29-26(30)25-22(16-37(34-25)19-8-6-18(17-38)7-9-19)32-28(39)21-14-31-36-12-10-23(33-27(21)36)35-11-3-4-20(15-35)41-24-5-1-2-13-40-24/h10,12,14,16,18-20,24,26,38H,1-9,11,13,15,17H2,(H,32,39)/t18?,19?,20-,24-/m0/s1. The zero-order valence-electron chi connectivity index (χ0n) is 23.0. The second kappa shape index (κ2) is 12.4. The Morgan fingerprint density at radius 1 is 1.17 bits per heavy atom. The summed E-state index contributed by atoms with van der Waals surface area (Å²) in [6, 6.07) is 1.80. The van der Waals surface area contributed by atoms with Crippen LogP contribution in [0.15, 0.2) is 24.7 Å². The Labute approximate surface area is 236 Å². The summed E-state index contributed by atoms with van der Waals surface area (Å²) in [4.78, 5) is 20.2. The number of amides is 1. The number of anilines is 2. The molecule has 2 aliphatic heterocycles. The quantitative estimate of drug-likeness (QED) is 0.408. The van der Waals surface area contributed by atoms with Crippen LogP contribution in [0.4, 0.5) is 20.3 Å². The summed E-state index contributed by atoms with van der Waals surface area (Å²) in [6.07, 6.45) is 9.71. The summed E-state index contributed by atoms with van der Waals surface area (Å²) in [7, 11) is 0. The van der Waals surface area contributed by atoms with Crippen molar-refractivity contribution in [1.29, 1.82) is 0 Å². The van der Waals surface area contributed by atoms with Crippen molar-refractivity contribution in [3.05, 3.63) is 35.9 Å². The van der Waals surface area contributed by atoms with Crippen LogP contribution in [0, 0.1) is 5.92 Å². The third-order valence-corrected chi connectivity index (χ3v) is 8.45. The number of aliphatic hydroxyl groups is 1. The zero-order chi connectivity index (χ0) is 28.3. The van der Waals surface area contributed by atoms with Crippen LogP contribution in [-0.2, 0) is 9.47 Å². The Kier molecular flexibility index (Phi) is 8.45. The van der Waals surface area contributed by atoms with E-state index >= 15 is 0 Å². The number of rotatable bonds is 8. The maximum atomic E-state index is 13.9. The van der Waals surface area contributed by atoms with Crippen LogP contribution in [0.2, 0.25) is 0 Å². The third-order valence-electron chi connectivity index (χ3n) is 8.45. The summed E-state index contributed by atoms with van der Waals surface area (Å²) >= 11 is 0. The van der Waals surface area contributed by atoms with Gasteiger partial charge in [0.05, 0.1) is 24.0 Å². The van der Waals surface area contributed by atoms with E-state index < -0.39 is 18.0 Å². The smallest absolute Gasteiger partial charge is 0.284 e. The van der Waals surface area contributed by atoms with Gasteiger partial charge in [0, 0.05) is 38.7 Å². The summed E-state index contributed by atoms with van der Waals surface area (Å²) in [5.74, 6) is 0.353. The van der Waals surface area contributed by atoms with Gasteiger partial charge in [-0.25, -0.2) is 18.3 Å². The number of halogens is 2. The number of aliphatic hydroxyl groups excluding tert-OH is 1. The van der Waals surface area contributed by atoms with E-state index in [1.807, 2.05) is 6.07 Å². The van der Waals surface area contributed by atoms with Crippen molar-refractivity contribution in [2.45, 2.75) is 82.6 Å². The highest BCUT2D eigenvalue weighted by molar-refractivity contribution is 6.08. The highest BCUT2D eigenvalue weighted by Crippen LogP contribution is 2.35. The molecular formula is C28H37F2N7O4. The predicted octanol–water partition coefficient (Wildman–Crippen LogP) is 4.35. The summed E-state index contributed by atoms with van der Waals surface area (Å²) in [5.41, 5.74) is 0.0375. The van der Waals surface area contributed by atoms with Gasteiger partial charge in [-0.05, 0) is 69.8 Å². The molecule has 11 nitrogen and oxygen atoms in total. The molecule has 2 N–H and O–H groups in total. The van der Waals surface area contributed by atoms with Gasteiger partial charge in [-0.1, -0.05) is 0 Å². The molecule has 5 heterocycles. The molecule has 1 amide bonds. The molecule has 0 aromatic carbocycles. The van der Waals surface area contributed by atoms with Crippen molar-refractivity contribution < 1.29 is 28.2 Å². The molecule has 0 radical (unpaired) electrons. The summed E-state index contributed by atoms with van der Waals surface area (Å²) < 4.78 is 42.8. The molecule has 2 atom stereocenters. The van der Waals surface area contributed by atoms with Gasteiger partial charge in [-0.3, -0.25) is 9.48 Å². The maximum Gasteiger partial charge on any atom is 0.284 e. The molecule has 222 valence electrons. The number of carbonyl (C=O) groups is 1. The molecule has 3 aromatic rings. The van der Waals surface area contributed by atoms with E-state index in [0.717, 1.165) is 70.9 Å². The van der Waals surface area contributed by atoms with Crippen molar-refractivity contribution in [1.82, 2.24) is 24.4 Å². The van der Waals surface area contributed by atoms with Gasteiger partial charge in [0.25, 0.3) is 12.3 Å². The highest BCUT2D eigenvalue weighted by Gasteiger charge is 2.29. The number of hydrogen-bond donors (Lipinski definition) is 2. The third kappa shape index (κ3) is 6.21. The number of hydrogen-bond acceptors (Lipinski definition) is 8. The number of alkyl halides is 2. The first-order valence-corrected chi connectivity index (χ1v) is 14.6. The van der Waals surface area contributed by atoms with E-state index in [1.165, 1.54) is 21.6 Å². The van der Waals surface area contributed by atoms with Crippen molar-refractivity contribution >= 4 is 23.1 Å². The number of nitrogens with one attached hydrogen (secondary N) is 1. The van der Waals surface area contributed by atoms with Crippen LogP contribution in [-0.4, -0.2) is 74.1 Å². The Hall–Kier alpha value is -3.16. The van der Waals surface area contributed by atoms with Gasteiger partial charge in [0.15, 0.2) is 17.6 Å². The molecular weight excluding hydrogens is 536 g/mol. The van der Waals surface area contributed by atoms with Gasteiger partial charge in [-0.2, -0.15) is 10.2 Å². The zero-order valence-corrected chi connectivity index (χ0v) is 23.0. The Morgan fingerprint density at radius 3 is 2.78 bits per heavy atom. The van der Waals surface area contributed by atoms with E-state index in [9.17, 15) is 18.7 Å². The fourth-order valence-corrected chi connectivity index (χ4v) is 6.12. The number of fused-ring (bicyclic) bond motifs is 1. The minimum Gasteiger partial charge on any atom is -0.396 e. The monoisotopic (exact) mass is 573 g/mol. The molecule has 3 aromatic heterocycles. The van der Waals surface area contributed by atoms with Crippen LogP contribution in [0.5, 0.6) is 0 Å². The highest BCUT2D eigenvalue weighted by atomic mass is 19.3. The molecule has 1 saturated carbocycles. The van der Waals surface area contributed by atoms with Crippen LogP contribution in [0.3, 0.4) is 0 Å². The molecule has 0 spiro atoms. The normalized spacial score (nSPS) is 25.6. The second-order valence-corrected chi connectivity index (χ2v) is 11.3. The summed E-state index contributed by atoms with van der Waals surface area (Å²) in [6.45, 7) is 2.33. The van der Waals surface area contributed by atoms with Crippen LogP contribution in [0.25, 0.3) is 5.65 Å².